The second-order valence-electron chi connectivity index (χ2n) is 6.22. The Balaban J connectivity index is 0.00000392. The third kappa shape index (κ3) is 7.05. The lowest BCUT2D eigenvalue weighted by molar-refractivity contribution is -0.147. The zero-order valence-electron chi connectivity index (χ0n) is 15.0. The Morgan fingerprint density at radius 2 is 1.75 bits per heavy atom. The summed E-state index contributed by atoms with van der Waals surface area (Å²) in [6, 6.07) is 5.13. The monoisotopic (exact) mass is 478 g/mol. The van der Waals surface area contributed by atoms with Crippen LogP contribution in [-0.4, -0.2) is 35.6 Å². The minimum Gasteiger partial charge on any atom is -0.476 e. The summed E-state index contributed by atoms with van der Waals surface area (Å²) in [5.41, 5.74) is -0.460. The Hall–Kier alpha value is -2.26. The molecular formula is C18H18BrClF2N2O4. The van der Waals surface area contributed by atoms with Crippen molar-refractivity contribution >= 4 is 40.2 Å². The van der Waals surface area contributed by atoms with Gasteiger partial charge in [0.25, 0.3) is 5.91 Å². The zero-order valence-corrected chi connectivity index (χ0v) is 17.4. The summed E-state index contributed by atoms with van der Waals surface area (Å²) in [7, 11) is 0. The lowest BCUT2D eigenvalue weighted by atomic mass is 10.1. The van der Waals surface area contributed by atoms with Gasteiger partial charge in [0.1, 0.15) is 6.61 Å². The van der Waals surface area contributed by atoms with E-state index in [-0.39, 0.29) is 29.4 Å². The first-order chi connectivity index (χ1) is 12.7. The fourth-order valence-electron chi connectivity index (χ4n) is 2.02. The summed E-state index contributed by atoms with van der Waals surface area (Å²) < 4.78 is 37.4. The topological polar surface area (TPSA) is 77.5 Å². The average molecular weight is 480 g/mol. The largest absolute Gasteiger partial charge is 0.476 e. The highest BCUT2D eigenvalue weighted by molar-refractivity contribution is 9.10. The van der Waals surface area contributed by atoms with Gasteiger partial charge in [0, 0.05) is 22.4 Å². The minimum absolute atomic E-state index is 0. The van der Waals surface area contributed by atoms with E-state index >= 15 is 0 Å². The van der Waals surface area contributed by atoms with Crippen molar-refractivity contribution in [2.24, 2.45) is 0 Å². The number of carbonyl (C=O) groups excluding carboxylic acids is 2. The van der Waals surface area contributed by atoms with Crippen molar-refractivity contribution in [1.29, 1.82) is 0 Å². The average Bonchev–Trinajstić information content (AvgIpc) is 2.59. The molecule has 152 valence electrons. The van der Waals surface area contributed by atoms with Crippen molar-refractivity contribution in [3.8, 4) is 5.75 Å². The molecule has 0 atom stereocenters. The maximum Gasteiger partial charge on any atom is 0.344 e. The molecule has 0 aliphatic rings. The summed E-state index contributed by atoms with van der Waals surface area (Å²) in [5, 5.41) is 2.72. The second kappa shape index (κ2) is 10.3. The number of aromatic nitrogens is 1. The second-order valence-corrected chi connectivity index (χ2v) is 7.14. The van der Waals surface area contributed by atoms with E-state index in [0.717, 1.165) is 12.1 Å². The molecule has 1 heterocycles. The van der Waals surface area contributed by atoms with Crippen LogP contribution in [-0.2, 0) is 9.53 Å². The first kappa shape index (κ1) is 23.8. The number of ether oxygens (including phenoxy) is 2. The summed E-state index contributed by atoms with van der Waals surface area (Å²) in [4.78, 5) is 27.7. The predicted molar refractivity (Wildman–Crippen MR) is 104 cm³/mol. The van der Waals surface area contributed by atoms with Crippen LogP contribution in [0, 0.1) is 11.6 Å². The number of halogens is 4. The Bertz CT molecular complexity index is 815. The van der Waals surface area contributed by atoms with Crippen LogP contribution in [0.25, 0.3) is 0 Å². The molecule has 6 nitrogen and oxygen atoms in total. The number of rotatable bonds is 7. The molecule has 0 unspecified atom stereocenters. The Labute approximate surface area is 175 Å². The van der Waals surface area contributed by atoms with Gasteiger partial charge in [-0.15, -0.1) is 12.4 Å². The highest BCUT2D eigenvalue weighted by Gasteiger charge is 2.24. The molecule has 1 aromatic heterocycles. The normalized spacial score (nSPS) is 10.6. The minimum atomic E-state index is -0.945. The van der Waals surface area contributed by atoms with E-state index in [4.69, 9.17) is 9.47 Å². The van der Waals surface area contributed by atoms with Gasteiger partial charge in [-0.05, 0) is 38.1 Å². The molecule has 0 saturated heterocycles. The number of pyridine rings is 1. The smallest absolute Gasteiger partial charge is 0.344 e. The molecule has 0 radical (unpaired) electrons. The Kier molecular flexibility index (Phi) is 8.77. The van der Waals surface area contributed by atoms with Crippen LogP contribution in [0.4, 0.5) is 8.78 Å². The predicted octanol–water partition coefficient (Wildman–Crippen LogP) is 3.67. The van der Waals surface area contributed by atoms with Gasteiger partial charge in [0.05, 0.1) is 5.54 Å². The molecule has 0 fully saturated rings. The van der Waals surface area contributed by atoms with E-state index in [1.165, 1.54) is 12.4 Å². The number of benzene rings is 1. The number of nitrogens with one attached hydrogen (secondary N) is 1. The number of esters is 1. The first-order valence-electron chi connectivity index (χ1n) is 7.83. The molecule has 1 aromatic carbocycles. The van der Waals surface area contributed by atoms with Crippen LogP contribution in [0.2, 0.25) is 0 Å². The highest BCUT2D eigenvalue weighted by Crippen LogP contribution is 2.25. The highest BCUT2D eigenvalue weighted by atomic mass is 79.9. The van der Waals surface area contributed by atoms with Gasteiger partial charge in [-0.2, -0.15) is 0 Å². The van der Waals surface area contributed by atoms with Gasteiger partial charge in [0.15, 0.2) is 24.0 Å². The number of hydrogen-bond donors (Lipinski definition) is 1. The van der Waals surface area contributed by atoms with Crippen molar-refractivity contribution in [3.05, 3.63) is 58.3 Å². The van der Waals surface area contributed by atoms with E-state index in [2.05, 4.69) is 26.2 Å². The van der Waals surface area contributed by atoms with Crippen LogP contribution >= 0.6 is 28.3 Å². The van der Waals surface area contributed by atoms with Crippen molar-refractivity contribution in [1.82, 2.24) is 10.3 Å². The standard InChI is InChI=1S/C18H17BrF2N2O4.ClH/c1-18(2,23-17(25)11-3-5-22-6-4-11)10-27-15(24)9-26-16-13(20)7-12(19)8-14(16)21;/h3-8H,9-10H2,1-2H3,(H,23,25);1H. The summed E-state index contributed by atoms with van der Waals surface area (Å²) in [5.74, 6) is -3.74. The van der Waals surface area contributed by atoms with Crippen LogP contribution in [0.3, 0.4) is 0 Å². The number of hydrogen-bond acceptors (Lipinski definition) is 5. The van der Waals surface area contributed by atoms with Crippen molar-refractivity contribution in [2.45, 2.75) is 19.4 Å². The fraction of sp³-hybridized carbons (Fsp3) is 0.278. The number of nitrogens with zero attached hydrogens (tertiary/aromatic N) is 1. The van der Waals surface area contributed by atoms with Gasteiger partial charge >= 0.3 is 5.97 Å². The van der Waals surface area contributed by atoms with Gasteiger partial charge in [-0.25, -0.2) is 13.6 Å². The number of amides is 1. The lowest BCUT2D eigenvalue weighted by Gasteiger charge is -2.25. The van der Waals surface area contributed by atoms with Gasteiger partial charge in [-0.3, -0.25) is 9.78 Å². The van der Waals surface area contributed by atoms with E-state index in [1.54, 1.807) is 26.0 Å². The van der Waals surface area contributed by atoms with E-state index < -0.39 is 35.5 Å². The van der Waals surface area contributed by atoms with Crippen LogP contribution in [0.1, 0.15) is 24.2 Å². The fourth-order valence-corrected chi connectivity index (χ4v) is 2.42. The van der Waals surface area contributed by atoms with Crippen LogP contribution in [0.15, 0.2) is 41.1 Å². The Morgan fingerprint density at radius 3 is 2.32 bits per heavy atom. The van der Waals surface area contributed by atoms with Gasteiger partial charge in [-0.1, -0.05) is 15.9 Å². The SMILES string of the molecule is CC(C)(COC(=O)COc1c(F)cc(Br)cc1F)NC(=O)c1ccncc1.Cl. The third-order valence-corrected chi connectivity index (χ3v) is 3.74. The van der Waals surface area contributed by atoms with Crippen LogP contribution < -0.4 is 10.1 Å². The zero-order chi connectivity index (χ0) is 20.0. The summed E-state index contributed by atoms with van der Waals surface area (Å²) >= 11 is 2.95. The summed E-state index contributed by atoms with van der Waals surface area (Å²) in [6.45, 7) is 2.49. The maximum atomic E-state index is 13.6. The van der Waals surface area contributed by atoms with Gasteiger partial charge in [0.2, 0.25) is 0 Å². The van der Waals surface area contributed by atoms with Crippen molar-refractivity contribution in [2.75, 3.05) is 13.2 Å². The summed E-state index contributed by atoms with van der Waals surface area (Å²) in [6.07, 6.45) is 2.97. The molecule has 1 N–H and O–H groups in total. The molecular weight excluding hydrogens is 462 g/mol. The molecule has 0 spiro atoms. The third-order valence-electron chi connectivity index (χ3n) is 3.29. The van der Waals surface area contributed by atoms with E-state index in [1.807, 2.05) is 0 Å². The molecule has 2 aromatic rings. The molecule has 10 heteroatoms. The molecule has 0 saturated carbocycles. The molecule has 0 aliphatic carbocycles. The molecule has 0 bridgehead atoms. The molecule has 28 heavy (non-hydrogen) atoms. The Morgan fingerprint density at radius 1 is 1.18 bits per heavy atom. The van der Waals surface area contributed by atoms with E-state index in [9.17, 15) is 18.4 Å². The number of carbonyl (C=O) groups is 2. The van der Waals surface area contributed by atoms with Crippen LogP contribution in [0.5, 0.6) is 5.75 Å². The quantitative estimate of drug-likeness (QED) is 0.613. The van der Waals surface area contributed by atoms with Crippen molar-refractivity contribution < 1.29 is 27.8 Å². The van der Waals surface area contributed by atoms with Gasteiger partial charge < -0.3 is 14.8 Å². The lowest BCUT2D eigenvalue weighted by Crippen LogP contribution is -2.47. The van der Waals surface area contributed by atoms with Crippen molar-refractivity contribution in [3.63, 3.8) is 0 Å². The molecule has 2 rings (SSSR count). The molecule has 0 aliphatic heterocycles. The maximum absolute atomic E-state index is 13.6. The van der Waals surface area contributed by atoms with E-state index in [0.29, 0.717) is 5.56 Å². The first-order valence-corrected chi connectivity index (χ1v) is 8.63. The molecule has 1 amide bonds.